The molecular weight excluding hydrogens is 364 g/mol. The van der Waals surface area contributed by atoms with Crippen molar-refractivity contribution in [2.75, 3.05) is 6.54 Å². The van der Waals surface area contributed by atoms with Crippen molar-refractivity contribution >= 4 is 5.91 Å². The second kappa shape index (κ2) is 9.12. The van der Waals surface area contributed by atoms with Crippen LogP contribution in [-0.4, -0.2) is 22.2 Å². The third kappa shape index (κ3) is 5.39. The quantitative estimate of drug-likeness (QED) is 0.599. The largest absolute Gasteiger partial charge is 0.486 e. The molecule has 0 saturated heterocycles. The number of aryl methyl sites for hydroxylation is 2. The van der Waals surface area contributed by atoms with Crippen LogP contribution in [0.5, 0.6) is 5.75 Å². The average molecular weight is 385 g/mol. The maximum absolute atomic E-state index is 13.6. The fourth-order valence-corrected chi connectivity index (χ4v) is 2.69. The Balaban J connectivity index is 1.49. The minimum atomic E-state index is -0.763. The highest BCUT2D eigenvalue weighted by molar-refractivity contribution is 5.94. The predicted octanol–water partition coefficient (Wildman–Crippen LogP) is 3.87. The van der Waals surface area contributed by atoms with Gasteiger partial charge in [-0.1, -0.05) is 12.1 Å². The van der Waals surface area contributed by atoms with Gasteiger partial charge in [0.15, 0.2) is 11.6 Å². The summed E-state index contributed by atoms with van der Waals surface area (Å²) in [5, 5.41) is 7.17. The first-order chi connectivity index (χ1) is 13.5. The van der Waals surface area contributed by atoms with E-state index in [2.05, 4.69) is 10.4 Å². The van der Waals surface area contributed by atoms with Crippen LogP contribution in [0, 0.1) is 18.6 Å². The van der Waals surface area contributed by atoms with Crippen LogP contribution in [0.1, 0.15) is 28.0 Å². The molecule has 2 aromatic carbocycles. The fraction of sp³-hybridized carbons (Fsp3) is 0.238. The van der Waals surface area contributed by atoms with Crippen molar-refractivity contribution in [3.8, 4) is 5.75 Å². The standard InChI is InChI=1S/C21H21F2N3O2/c1-15-8-11-26(25-15)10-3-9-24-21(27)17-5-2-4-16(12-17)14-28-20-7-6-18(22)13-19(20)23/h2,4-8,11-13H,3,9-10,14H2,1H3,(H,24,27). The second-order valence-electron chi connectivity index (χ2n) is 6.39. The Bertz CT molecular complexity index is 956. The molecule has 28 heavy (non-hydrogen) atoms. The maximum Gasteiger partial charge on any atom is 0.251 e. The average Bonchev–Trinajstić information content (AvgIpc) is 3.10. The molecule has 0 bridgehead atoms. The Morgan fingerprint density at radius 1 is 1.18 bits per heavy atom. The minimum Gasteiger partial charge on any atom is -0.486 e. The van der Waals surface area contributed by atoms with Gasteiger partial charge < -0.3 is 10.1 Å². The third-order valence-corrected chi connectivity index (χ3v) is 4.10. The van der Waals surface area contributed by atoms with Crippen molar-refractivity contribution in [3.05, 3.63) is 83.2 Å². The van der Waals surface area contributed by atoms with E-state index in [1.54, 1.807) is 24.3 Å². The van der Waals surface area contributed by atoms with Gasteiger partial charge in [-0.2, -0.15) is 5.10 Å². The minimum absolute atomic E-state index is 0.0369. The van der Waals surface area contributed by atoms with Crippen molar-refractivity contribution in [2.24, 2.45) is 0 Å². The SMILES string of the molecule is Cc1ccn(CCCNC(=O)c2cccc(COc3ccc(F)cc3F)c2)n1. The molecule has 7 heteroatoms. The number of hydrogen-bond donors (Lipinski definition) is 1. The molecule has 0 spiro atoms. The van der Waals surface area contributed by atoms with Gasteiger partial charge in [-0.3, -0.25) is 9.48 Å². The molecule has 0 saturated carbocycles. The first-order valence-corrected chi connectivity index (χ1v) is 8.96. The molecule has 0 atom stereocenters. The Morgan fingerprint density at radius 3 is 2.79 bits per heavy atom. The van der Waals surface area contributed by atoms with E-state index in [1.807, 2.05) is 23.9 Å². The number of halogens is 2. The van der Waals surface area contributed by atoms with Gasteiger partial charge in [0, 0.05) is 30.9 Å². The van der Waals surface area contributed by atoms with Crippen LogP contribution >= 0.6 is 0 Å². The lowest BCUT2D eigenvalue weighted by atomic mass is 10.1. The lowest BCUT2D eigenvalue weighted by molar-refractivity contribution is 0.0952. The first-order valence-electron chi connectivity index (χ1n) is 8.96. The zero-order chi connectivity index (χ0) is 19.9. The third-order valence-electron chi connectivity index (χ3n) is 4.10. The van der Waals surface area contributed by atoms with Gasteiger partial charge >= 0.3 is 0 Å². The summed E-state index contributed by atoms with van der Waals surface area (Å²) in [5.41, 5.74) is 2.17. The number of nitrogens with zero attached hydrogens (tertiary/aromatic N) is 2. The van der Waals surface area contributed by atoms with Crippen LogP contribution < -0.4 is 10.1 Å². The molecule has 0 aliphatic carbocycles. The summed E-state index contributed by atoms with van der Waals surface area (Å²) in [4.78, 5) is 12.3. The van der Waals surface area contributed by atoms with Crippen LogP contribution in [0.25, 0.3) is 0 Å². The van der Waals surface area contributed by atoms with E-state index in [-0.39, 0.29) is 18.3 Å². The van der Waals surface area contributed by atoms with Gasteiger partial charge in [-0.15, -0.1) is 0 Å². The smallest absolute Gasteiger partial charge is 0.251 e. The number of hydrogen-bond acceptors (Lipinski definition) is 3. The summed E-state index contributed by atoms with van der Waals surface area (Å²) in [5.74, 6) is -1.65. The molecular formula is C21H21F2N3O2. The highest BCUT2D eigenvalue weighted by atomic mass is 19.1. The lowest BCUT2D eigenvalue weighted by Crippen LogP contribution is -2.25. The summed E-state index contributed by atoms with van der Waals surface area (Å²) < 4.78 is 33.8. The topological polar surface area (TPSA) is 56.2 Å². The van der Waals surface area contributed by atoms with Crippen LogP contribution in [0.3, 0.4) is 0 Å². The van der Waals surface area contributed by atoms with Crippen molar-refractivity contribution in [1.29, 1.82) is 0 Å². The van der Waals surface area contributed by atoms with Gasteiger partial charge in [0.2, 0.25) is 0 Å². The maximum atomic E-state index is 13.6. The summed E-state index contributed by atoms with van der Waals surface area (Å²) in [6.07, 6.45) is 2.67. The lowest BCUT2D eigenvalue weighted by Gasteiger charge is -2.09. The number of aromatic nitrogens is 2. The molecule has 3 aromatic rings. The number of nitrogens with one attached hydrogen (secondary N) is 1. The summed E-state index contributed by atoms with van der Waals surface area (Å²) in [7, 11) is 0. The van der Waals surface area contributed by atoms with Gasteiger partial charge in [0.25, 0.3) is 5.91 Å². The molecule has 0 fully saturated rings. The number of carbonyl (C=O) groups is 1. The zero-order valence-electron chi connectivity index (χ0n) is 15.5. The van der Waals surface area contributed by atoms with Crippen LogP contribution in [-0.2, 0) is 13.2 Å². The molecule has 3 rings (SSSR count). The number of benzene rings is 2. The van der Waals surface area contributed by atoms with Crippen molar-refractivity contribution < 1.29 is 18.3 Å². The number of ether oxygens (including phenoxy) is 1. The molecule has 1 aromatic heterocycles. The molecule has 0 unspecified atom stereocenters. The molecule has 0 aliphatic rings. The van der Waals surface area contributed by atoms with Crippen LogP contribution in [0.4, 0.5) is 8.78 Å². The Hall–Kier alpha value is -3.22. The van der Waals surface area contributed by atoms with E-state index in [1.165, 1.54) is 6.07 Å². The van der Waals surface area contributed by atoms with E-state index < -0.39 is 11.6 Å². The molecule has 0 radical (unpaired) electrons. The van der Waals surface area contributed by atoms with E-state index in [0.29, 0.717) is 17.7 Å². The summed E-state index contributed by atoms with van der Waals surface area (Å²) in [6, 6.07) is 12.0. The normalized spacial score (nSPS) is 10.7. The van der Waals surface area contributed by atoms with Gasteiger partial charge in [-0.25, -0.2) is 8.78 Å². The summed E-state index contributed by atoms with van der Waals surface area (Å²) >= 11 is 0. The van der Waals surface area contributed by atoms with Crippen molar-refractivity contribution in [2.45, 2.75) is 26.5 Å². The molecule has 1 amide bonds. The predicted molar refractivity (Wildman–Crippen MR) is 101 cm³/mol. The van der Waals surface area contributed by atoms with Gasteiger partial charge in [-0.05, 0) is 49.2 Å². The van der Waals surface area contributed by atoms with Gasteiger partial charge in [0.05, 0.1) is 5.69 Å². The first kappa shape index (κ1) is 19.5. The highest BCUT2D eigenvalue weighted by Crippen LogP contribution is 2.19. The monoisotopic (exact) mass is 385 g/mol. The van der Waals surface area contributed by atoms with E-state index in [0.717, 1.165) is 30.8 Å². The second-order valence-corrected chi connectivity index (χ2v) is 6.39. The fourth-order valence-electron chi connectivity index (χ4n) is 2.69. The highest BCUT2D eigenvalue weighted by Gasteiger charge is 2.08. The summed E-state index contributed by atoms with van der Waals surface area (Å²) in [6.45, 7) is 3.26. The molecule has 0 aliphatic heterocycles. The van der Waals surface area contributed by atoms with Crippen molar-refractivity contribution in [3.63, 3.8) is 0 Å². The Morgan fingerprint density at radius 2 is 2.04 bits per heavy atom. The number of carbonyl (C=O) groups excluding carboxylic acids is 1. The molecule has 1 heterocycles. The molecule has 1 N–H and O–H groups in total. The zero-order valence-corrected chi connectivity index (χ0v) is 15.5. The number of amides is 1. The molecule has 5 nitrogen and oxygen atoms in total. The van der Waals surface area contributed by atoms with E-state index >= 15 is 0 Å². The Labute approximate surface area is 161 Å². The van der Waals surface area contributed by atoms with Crippen molar-refractivity contribution in [1.82, 2.24) is 15.1 Å². The van der Waals surface area contributed by atoms with Gasteiger partial charge in [0.1, 0.15) is 12.4 Å². The van der Waals surface area contributed by atoms with Crippen LogP contribution in [0.15, 0.2) is 54.7 Å². The Kier molecular flexibility index (Phi) is 6.37. The number of rotatable bonds is 8. The van der Waals surface area contributed by atoms with E-state index in [4.69, 9.17) is 4.74 Å². The van der Waals surface area contributed by atoms with Crippen LogP contribution in [0.2, 0.25) is 0 Å². The molecule has 146 valence electrons. The van der Waals surface area contributed by atoms with E-state index in [9.17, 15) is 13.6 Å².